The van der Waals surface area contributed by atoms with Gasteiger partial charge in [0.1, 0.15) is 15.8 Å². The molecule has 2 amide bonds. The van der Waals surface area contributed by atoms with Gasteiger partial charge in [0, 0.05) is 42.3 Å². The van der Waals surface area contributed by atoms with E-state index in [0.717, 1.165) is 15.8 Å². The molecule has 2 fully saturated rings. The fourth-order valence-electron chi connectivity index (χ4n) is 4.11. The molecule has 0 spiro atoms. The summed E-state index contributed by atoms with van der Waals surface area (Å²) in [6.07, 6.45) is 1.36. The molecule has 2 saturated heterocycles. The second kappa shape index (κ2) is 8.74. The van der Waals surface area contributed by atoms with E-state index < -0.39 is 0 Å². The lowest BCUT2D eigenvalue weighted by molar-refractivity contribution is -0.0225. The lowest BCUT2D eigenvalue weighted by Gasteiger charge is -2.34. The Balaban J connectivity index is 1.48. The summed E-state index contributed by atoms with van der Waals surface area (Å²) in [6, 6.07) is 13.1. The first-order valence-corrected chi connectivity index (χ1v) is 11.2. The van der Waals surface area contributed by atoms with Gasteiger partial charge in [-0.25, -0.2) is 4.98 Å². The van der Waals surface area contributed by atoms with Crippen molar-refractivity contribution < 1.29 is 19.1 Å². The SMILES string of the molecule is O=C(c1ccccc1)N1CCO[C@H](c2c(C(=O)N3CCOCC3)sc3ncccc23)C1. The van der Waals surface area contributed by atoms with E-state index in [1.165, 1.54) is 11.3 Å². The largest absolute Gasteiger partial charge is 0.378 e. The van der Waals surface area contributed by atoms with E-state index in [-0.39, 0.29) is 17.9 Å². The Morgan fingerprint density at radius 3 is 2.52 bits per heavy atom. The number of thiophene rings is 1. The Labute approximate surface area is 184 Å². The van der Waals surface area contributed by atoms with Crippen LogP contribution in [0.1, 0.15) is 31.7 Å². The maximum absolute atomic E-state index is 13.4. The average molecular weight is 438 g/mol. The van der Waals surface area contributed by atoms with Crippen LogP contribution in [0.3, 0.4) is 0 Å². The van der Waals surface area contributed by atoms with E-state index in [1.807, 2.05) is 52.3 Å². The number of carbonyl (C=O) groups is 2. The fraction of sp³-hybridized carbons (Fsp3) is 0.348. The van der Waals surface area contributed by atoms with Crippen LogP contribution in [0.2, 0.25) is 0 Å². The highest BCUT2D eigenvalue weighted by molar-refractivity contribution is 7.20. The second-order valence-electron chi connectivity index (χ2n) is 7.58. The minimum atomic E-state index is -0.376. The Morgan fingerprint density at radius 2 is 1.71 bits per heavy atom. The number of carbonyl (C=O) groups excluding carboxylic acids is 2. The highest BCUT2D eigenvalue weighted by Gasteiger charge is 2.33. The molecule has 8 heteroatoms. The smallest absolute Gasteiger partial charge is 0.264 e. The number of amides is 2. The van der Waals surface area contributed by atoms with Gasteiger partial charge < -0.3 is 19.3 Å². The Hall–Kier alpha value is -2.81. The van der Waals surface area contributed by atoms with Gasteiger partial charge in [0.15, 0.2) is 0 Å². The summed E-state index contributed by atoms with van der Waals surface area (Å²) in [5.41, 5.74) is 1.50. The number of hydrogen-bond donors (Lipinski definition) is 0. The zero-order valence-electron chi connectivity index (χ0n) is 17.0. The van der Waals surface area contributed by atoms with E-state index in [4.69, 9.17) is 9.47 Å². The van der Waals surface area contributed by atoms with Gasteiger partial charge in [-0.1, -0.05) is 24.3 Å². The van der Waals surface area contributed by atoms with E-state index in [9.17, 15) is 9.59 Å². The van der Waals surface area contributed by atoms with Crippen LogP contribution in [0.4, 0.5) is 0 Å². The van der Waals surface area contributed by atoms with Crippen molar-refractivity contribution in [1.29, 1.82) is 0 Å². The summed E-state index contributed by atoms with van der Waals surface area (Å²) in [6.45, 7) is 3.59. The van der Waals surface area contributed by atoms with Crippen LogP contribution in [0.25, 0.3) is 10.2 Å². The van der Waals surface area contributed by atoms with Crippen molar-refractivity contribution in [3.63, 3.8) is 0 Å². The molecule has 7 nitrogen and oxygen atoms in total. The number of pyridine rings is 1. The number of benzene rings is 1. The van der Waals surface area contributed by atoms with Crippen molar-refractivity contribution in [3.8, 4) is 0 Å². The van der Waals surface area contributed by atoms with Gasteiger partial charge in [-0.05, 0) is 18.2 Å². The molecule has 1 aromatic carbocycles. The van der Waals surface area contributed by atoms with Crippen molar-refractivity contribution in [2.75, 3.05) is 46.0 Å². The van der Waals surface area contributed by atoms with Crippen molar-refractivity contribution in [3.05, 3.63) is 64.7 Å². The Bertz CT molecular complexity index is 1090. The molecule has 0 saturated carbocycles. The standard InChI is InChI=1S/C23H23N3O4S/c27-22(16-5-2-1-3-6-16)26-11-14-30-18(15-26)19-17-7-4-8-24-21(17)31-20(19)23(28)25-9-12-29-13-10-25/h1-8,18H,9-15H2/t18-/m0/s1. The molecule has 0 bridgehead atoms. The Kier molecular flexibility index (Phi) is 5.67. The number of aromatic nitrogens is 1. The summed E-state index contributed by atoms with van der Waals surface area (Å²) < 4.78 is 11.5. The van der Waals surface area contributed by atoms with Gasteiger partial charge >= 0.3 is 0 Å². The Morgan fingerprint density at radius 1 is 0.935 bits per heavy atom. The number of nitrogens with zero attached hydrogens (tertiary/aromatic N) is 3. The molecule has 0 aliphatic carbocycles. The van der Waals surface area contributed by atoms with Crippen LogP contribution in [0.15, 0.2) is 48.7 Å². The maximum atomic E-state index is 13.4. The minimum absolute atomic E-state index is 0.0172. The minimum Gasteiger partial charge on any atom is -0.378 e. The van der Waals surface area contributed by atoms with Crippen LogP contribution in [-0.2, 0) is 9.47 Å². The van der Waals surface area contributed by atoms with Crippen LogP contribution in [0, 0.1) is 0 Å². The molecule has 1 atom stereocenters. The van der Waals surface area contributed by atoms with E-state index in [0.29, 0.717) is 56.4 Å². The van der Waals surface area contributed by atoms with Gasteiger partial charge in [0.25, 0.3) is 11.8 Å². The van der Waals surface area contributed by atoms with Crippen molar-refractivity contribution in [2.45, 2.75) is 6.10 Å². The molecular formula is C23H23N3O4S. The monoisotopic (exact) mass is 437 g/mol. The molecule has 0 N–H and O–H groups in total. The predicted molar refractivity (Wildman–Crippen MR) is 117 cm³/mol. The van der Waals surface area contributed by atoms with E-state index in [1.54, 1.807) is 6.20 Å². The van der Waals surface area contributed by atoms with Crippen molar-refractivity contribution in [2.24, 2.45) is 0 Å². The number of fused-ring (bicyclic) bond motifs is 1. The normalized spacial score (nSPS) is 19.5. The molecule has 4 heterocycles. The molecule has 31 heavy (non-hydrogen) atoms. The van der Waals surface area contributed by atoms with Crippen molar-refractivity contribution in [1.82, 2.24) is 14.8 Å². The number of rotatable bonds is 3. The lowest BCUT2D eigenvalue weighted by atomic mass is 10.0. The van der Waals surface area contributed by atoms with Gasteiger partial charge in [0.05, 0.1) is 26.4 Å². The summed E-state index contributed by atoms with van der Waals surface area (Å²) in [7, 11) is 0. The van der Waals surface area contributed by atoms with E-state index >= 15 is 0 Å². The molecule has 2 aliphatic rings. The molecule has 0 unspecified atom stereocenters. The first kappa shape index (κ1) is 20.1. The quantitative estimate of drug-likeness (QED) is 0.630. The molecule has 160 valence electrons. The third-order valence-corrected chi connectivity index (χ3v) is 6.81. The first-order chi connectivity index (χ1) is 15.2. The molecule has 2 aromatic heterocycles. The number of morpholine rings is 2. The summed E-state index contributed by atoms with van der Waals surface area (Å²) in [5.74, 6) is -0.0379. The van der Waals surface area contributed by atoms with Crippen molar-refractivity contribution >= 4 is 33.4 Å². The fourth-order valence-corrected chi connectivity index (χ4v) is 5.27. The summed E-state index contributed by atoms with van der Waals surface area (Å²) >= 11 is 1.40. The zero-order chi connectivity index (χ0) is 21.2. The van der Waals surface area contributed by atoms with Crippen LogP contribution in [0.5, 0.6) is 0 Å². The third-order valence-electron chi connectivity index (χ3n) is 5.69. The maximum Gasteiger partial charge on any atom is 0.264 e. The van der Waals surface area contributed by atoms with Crippen LogP contribution >= 0.6 is 11.3 Å². The zero-order valence-corrected chi connectivity index (χ0v) is 17.8. The molecule has 0 radical (unpaired) electrons. The molecule has 3 aromatic rings. The van der Waals surface area contributed by atoms with E-state index in [2.05, 4.69) is 4.98 Å². The topological polar surface area (TPSA) is 72.0 Å². The van der Waals surface area contributed by atoms with Crippen LogP contribution < -0.4 is 0 Å². The van der Waals surface area contributed by atoms with Gasteiger partial charge in [-0.2, -0.15) is 0 Å². The average Bonchev–Trinajstić information content (AvgIpc) is 3.24. The van der Waals surface area contributed by atoms with Gasteiger partial charge in [0.2, 0.25) is 0 Å². The molecule has 2 aliphatic heterocycles. The lowest BCUT2D eigenvalue weighted by Crippen LogP contribution is -2.43. The second-order valence-corrected chi connectivity index (χ2v) is 8.58. The highest BCUT2D eigenvalue weighted by atomic mass is 32.1. The highest BCUT2D eigenvalue weighted by Crippen LogP contribution is 2.38. The summed E-state index contributed by atoms with van der Waals surface area (Å²) in [5, 5.41) is 0.920. The summed E-state index contributed by atoms with van der Waals surface area (Å²) in [4.78, 5) is 36.0. The van der Waals surface area contributed by atoms with Gasteiger partial charge in [-0.15, -0.1) is 11.3 Å². The van der Waals surface area contributed by atoms with Gasteiger partial charge in [-0.3, -0.25) is 9.59 Å². The first-order valence-electron chi connectivity index (χ1n) is 10.4. The number of hydrogen-bond acceptors (Lipinski definition) is 6. The number of ether oxygens (including phenoxy) is 2. The molecule has 5 rings (SSSR count). The molecular weight excluding hydrogens is 414 g/mol. The van der Waals surface area contributed by atoms with Crippen LogP contribution in [-0.4, -0.2) is 72.6 Å². The third kappa shape index (κ3) is 3.94. The predicted octanol–water partition coefficient (Wildman–Crippen LogP) is 2.98.